The molecule has 1 atom stereocenters. The third-order valence-electron chi connectivity index (χ3n) is 3.44. The van der Waals surface area contributed by atoms with Crippen LogP contribution in [-0.2, 0) is 19.2 Å². The minimum atomic E-state index is -0.935. The van der Waals surface area contributed by atoms with Crippen molar-refractivity contribution in [1.29, 1.82) is 0 Å². The number of nitrogens with one attached hydrogen (secondary N) is 2. The first-order valence-corrected chi connectivity index (χ1v) is 7.53. The van der Waals surface area contributed by atoms with Gasteiger partial charge < -0.3 is 10.2 Å². The van der Waals surface area contributed by atoms with E-state index in [-0.39, 0.29) is 18.7 Å². The first-order valence-electron chi connectivity index (χ1n) is 7.53. The zero-order chi connectivity index (χ0) is 17.4. The van der Waals surface area contributed by atoms with E-state index in [9.17, 15) is 19.2 Å². The van der Waals surface area contributed by atoms with Gasteiger partial charge in [0.25, 0.3) is 5.91 Å². The molecule has 8 nitrogen and oxygen atoms in total. The minimum absolute atomic E-state index is 0.111. The summed E-state index contributed by atoms with van der Waals surface area (Å²) in [4.78, 5) is 49.1. The van der Waals surface area contributed by atoms with Gasteiger partial charge in [0.15, 0.2) is 0 Å². The van der Waals surface area contributed by atoms with Crippen LogP contribution in [0.4, 0.5) is 0 Å². The number of imide groups is 2. The molecule has 4 amide bonds. The highest BCUT2D eigenvalue weighted by Gasteiger charge is 2.33. The Kier molecular flexibility index (Phi) is 7.40. The van der Waals surface area contributed by atoms with Crippen molar-refractivity contribution in [1.82, 2.24) is 20.4 Å². The number of hydrogen-bond donors (Lipinski definition) is 2. The average Bonchev–Trinajstić information content (AvgIpc) is 2.46. The van der Waals surface area contributed by atoms with Crippen LogP contribution in [0.3, 0.4) is 0 Å². The lowest BCUT2D eigenvalue weighted by atomic mass is 10.0. The van der Waals surface area contributed by atoms with Crippen LogP contribution in [0.1, 0.15) is 26.2 Å². The number of allylic oxidation sites excluding steroid dienone is 1. The molecule has 23 heavy (non-hydrogen) atoms. The van der Waals surface area contributed by atoms with E-state index in [0.717, 1.165) is 17.9 Å². The molecule has 0 aromatic carbocycles. The molecule has 1 aliphatic rings. The van der Waals surface area contributed by atoms with E-state index in [1.54, 1.807) is 6.92 Å². The Morgan fingerprint density at radius 1 is 1.39 bits per heavy atom. The van der Waals surface area contributed by atoms with Gasteiger partial charge in [-0.3, -0.25) is 29.4 Å². The fraction of sp³-hybridized carbons (Fsp3) is 0.600. The molecule has 1 fully saturated rings. The normalized spacial score (nSPS) is 18.6. The van der Waals surface area contributed by atoms with Crippen LogP contribution in [0.2, 0.25) is 0 Å². The highest BCUT2D eigenvalue weighted by atomic mass is 16.2. The molecule has 0 bridgehead atoms. The monoisotopic (exact) mass is 324 g/mol. The van der Waals surface area contributed by atoms with Crippen molar-refractivity contribution < 1.29 is 19.2 Å². The maximum absolute atomic E-state index is 12.2. The molecular weight excluding hydrogens is 300 g/mol. The van der Waals surface area contributed by atoms with Gasteiger partial charge in [-0.25, -0.2) is 0 Å². The quantitative estimate of drug-likeness (QED) is 0.263. The van der Waals surface area contributed by atoms with E-state index in [4.69, 9.17) is 0 Å². The zero-order valence-corrected chi connectivity index (χ0v) is 13.8. The van der Waals surface area contributed by atoms with E-state index in [2.05, 4.69) is 15.5 Å². The van der Waals surface area contributed by atoms with Gasteiger partial charge in [-0.15, -0.1) is 0 Å². The number of piperidine rings is 1. The molecule has 8 heteroatoms. The van der Waals surface area contributed by atoms with Crippen LogP contribution in [0.15, 0.2) is 11.8 Å². The topological polar surface area (TPSA) is 98.8 Å². The molecule has 128 valence electrons. The summed E-state index contributed by atoms with van der Waals surface area (Å²) in [6.45, 7) is 3.35. The predicted molar refractivity (Wildman–Crippen MR) is 84.0 cm³/mol. The fourth-order valence-electron chi connectivity index (χ4n) is 2.22. The number of hydrogen-bond acceptors (Lipinski definition) is 6. The van der Waals surface area contributed by atoms with E-state index in [1.165, 1.54) is 6.08 Å². The minimum Gasteiger partial charge on any atom is -0.388 e. The van der Waals surface area contributed by atoms with Crippen LogP contribution >= 0.6 is 0 Å². The second-order valence-corrected chi connectivity index (χ2v) is 5.73. The standard InChI is InChI=1S/C15H24N4O4/c1-11(16-7-4-8-18(2)3)9-14(22)19(10-20)12-5-6-13(21)17-15(12)23/h9-10,12,16H,4-8H2,1-3H3,(H,17,21,23)/b11-9+. The summed E-state index contributed by atoms with van der Waals surface area (Å²) in [5.41, 5.74) is 0.618. The van der Waals surface area contributed by atoms with Gasteiger partial charge >= 0.3 is 0 Å². The maximum atomic E-state index is 12.2. The number of nitrogens with zero attached hydrogens (tertiary/aromatic N) is 2. The summed E-state index contributed by atoms with van der Waals surface area (Å²) in [5.74, 6) is -1.59. The summed E-state index contributed by atoms with van der Waals surface area (Å²) >= 11 is 0. The average molecular weight is 324 g/mol. The summed E-state index contributed by atoms with van der Waals surface area (Å²) in [7, 11) is 3.96. The van der Waals surface area contributed by atoms with Crippen molar-refractivity contribution >= 4 is 24.1 Å². The lowest BCUT2D eigenvalue weighted by Crippen LogP contribution is -2.53. The fourth-order valence-corrected chi connectivity index (χ4v) is 2.22. The molecule has 1 unspecified atom stereocenters. The van der Waals surface area contributed by atoms with Crippen molar-refractivity contribution in [3.05, 3.63) is 11.8 Å². The molecule has 0 aliphatic carbocycles. The highest BCUT2D eigenvalue weighted by Crippen LogP contribution is 2.12. The molecule has 1 heterocycles. The Hall–Kier alpha value is -2.22. The van der Waals surface area contributed by atoms with E-state index < -0.39 is 17.9 Å². The first-order chi connectivity index (χ1) is 10.8. The number of carbonyl (C=O) groups excluding carboxylic acids is 4. The molecule has 1 saturated heterocycles. The third-order valence-corrected chi connectivity index (χ3v) is 3.44. The van der Waals surface area contributed by atoms with Crippen molar-refractivity contribution in [2.45, 2.75) is 32.2 Å². The smallest absolute Gasteiger partial charge is 0.255 e. The van der Waals surface area contributed by atoms with Gasteiger partial charge in [-0.1, -0.05) is 0 Å². The molecule has 0 saturated carbocycles. The summed E-state index contributed by atoms with van der Waals surface area (Å²) < 4.78 is 0. The molecule has 1 rings (SSSR count). The van der Waals surface area contributed by atoms with Gasteiger partial charge in [0.2, 0.25) is 18.2 Å². The molecule has 1 aliphatic heterocycles. The molecule has 0 aromatic rings. The van der Waals surface area contributed by atoms with Crippen molar-refractivity contribution in [3.8, 4) is 0 Å². The Morgan fingerprint density at radius 2 is 2.09 bits per heavy atom. The predicted octanol–water partition coefficient (Wildman–Crippen LogP) is -0.778. The third kappa shape index (κ3) is 6.19. The van der Waals surface area contributed by atoms with E-state index in [0.29, 0.717) is 18.7 Å². The molecule has 2 N–H and O–H groups in total. The SMILES string of the molecule is C/C(=C\C(=O)N(C=O)C1CCC(=O)NC1=O)NCCCN(C)C. The second-order valence-electron chi connectivity index (χ2n) is 5.73. The number of carbonyl (C=O) groups is 4. The Balaban J connectivity index is 2.58. The molecule has 0 aromatic heterocycles. The van der Waals surface area contributed by atoms with Crippen LogP contribution in [0.5, 0.6) is 0 Å². The molecule has 0 spiro atoms. The number of rotatable bonds is 8. The van der Waals surface area contributed by atoms with Gasteiger partial charge in [-0.05, 0) is 40.4 Å². The zero-order valence-electron chi connectivity index (χ0n) is 13.8. The Bertz CT molecular complexity index is 502. The summed E-state index contributed by atoms with van der Waals surface area (Å²) in [6, 6.07) is -0.935. The van der Waals surface area contributed by atoms with Crippen LogP contribution in [0.25, 0.3) is 0 Å². The summed E-state index contributed by atoms with van der Waals surface area (Å²) in [6.07, 6.45) is 2.79. The second kappa shape index (κ2) is 9.04. The van der Waals surface area contributed by atoms with Crippen molar-refractivity contribution in [3.63, 3.8) is 0 Å². The molecular formula is C15H24N4O4. The van der Waals surface area contributed by atoms with Crippen molar-refractivity contribution in [2.75, 3.05) is 27.2 Å². The van der Waals surface area contributed by atoms with Gasteiger partial charge in [0.1, 0.15) is 6.04 Å². The lowest BCUT2D eigenvalue weighted by molar-refractivity contribution is -0.148. The Morgan fingerprint density at radius 3 is 2.65 bits per heavy atom. The Labute approximate surface area is 135 Å². The van der Waals surface area contributed by atoms with Crippen molar-refractivity contribution in [2.24, 2.45) is 0 Å². The van der Waals surface area contributed by atoms with Gasteiger partial charge in [0.05, 0.1) is 0 Å². The number of amides is 4. The van der Waals surface area contributed by atoms with Gasteiger partial charge in [0, 0.05) is 24.7 Å². The molecule has 0 radical (unpaired) electrons. The van der Waals surface area contributed by atoms with Crippen LogP contribution in [0, 0.1) is 0 Å². The summed E-state index contributed by atoms with van der Waals surface area (Å²) in [5, 5.41) is 5.22. The van der Waals surface area contributed by atoms with E-state index in [1.807, 2.05) is 14.1 Å². The lowest BCUT2D eigenvalue weighted by Gasteiger charge is -2.27. The van der Waals surface area contributed by atoms with Gasteiger partial charge in [-0.2, -0.15) is 0 Å². The first kappa shape index (κ1) is 18.8. The van der Waals surface area contributed by atoms with Crippen LogP contribution in [-0.4, -0.2) is 67.2 Å². The maximum Gasteiger partial charge on any atom is 0.255 e. The van der Waals surface area contributed by atoms with E-state index >= 15 is 0 Å². The largest absolute Gasteiger partial charge is 0.388 e. The highest BCUT2D eigenvalue weighted by molar-refractivity contribution is 6.05. The van der Waals surface area contributed by atoms with Crippen LogP contribution < -0.4 is 10.6 Å².